The van der Waals surface area contributed by atoms with Gasteiger partial charge in [-0.3, -0.25) is 4.68 Å². The molecule has 1 heterocycles. The lowest BCUT2D eigenvalue weighted by atomic mass is 9.81. The van der Waals surface area contributed by atoms with Gasteiger partial charge in [0.15, 0.2) is 0 Å². The van der Waals surface area contributed by atoms with Crippen molar-refractivity contribution >= 4 is 15.9 Å². The summed E-state index contributed by atoms with van der Waals surface area (Å²) in [4.78, 5) is 0. The quantitative estimate of drug-likeness (QED) is 0.922. The Morgan fingerprint density at radius 1 is 1.42 bits per heavy atom. The zero-order chi connectivity index (χ0) is 13.6. The fourth-order valence-corrected chi connectivity index (χ4v) is 4.86. The van der Waals surface area contributed by atoms with Crippen LogP contribution in [-0.4, -0.2) is 22.9 Å². The van der Waals surface area contributed by atoms with E-state index in [4.69, 9.17) is 0 Å². The van der Waals surface area contributed by atoms with Crippen LogP contribution in [0.3, 0.4) is 0 Å². The van der Waals surface area contributed by atoms with Crippen LogP contribution in [0.2, 0.25) is 0 Å². The molecule has 0 spiro atoms. The van der Waals surface area contributed by atoms with E-state index in [9.17, 15) is 0 Å². The second-order valence-electron chi connectivity index (χ2n) is 6.41. The maximum absolute atomic E-state index is 4.51. The third kappa shape index (κ3) is 2.38. The molecule has 1 aromatic heterocycles. The number of likely N-dealkylation sites (N-methyl/N-ethyl adjacent to an activating group) is 1. The van der Waals surface area contributed by atoms with Gasteiger partial charge in [0.2, 0.25) is 0 Å². The van der Waals surface area contributed by atoms with E-state index >= 15 is 0 Å². The number of aryl methyl sites for hydroxylation is 2. The Kier molecular flexibility index (Phi) is 3.73. The number of nitrogens with zero attached hydrogens (tertiary/aromatic N) is 2. The number of fused-ring (bicyclic) bond motifs is 2. The summed E-state index contributed by atoms with van der Waals surface area (Å²) in [5.41, 5.74) is 2.43. The van der Waals surface area contributed by atoms with Gasteiger partial charge in [0.1, 0.15) is 0 Å². The van der Waals surface area contributed by atoms with Gasteiger partial charge in [-0.05, 0) is 66.9 Å². The van der Waals surface area contributed by atoms with E-state index in [2.05, 4.69) is 47.4 Å². The molecule has 0 aromatic carbocycles. The molecule has 3 nitrogen and oxygen atoms in total. The minimum Gasteiger partial charge on any atom is -0.316 e. The molecule has 19 heavy (non-hydrogen) atoms. The SMILES string of the molecule is CNC(Cc1c(Br)c(C)nn1C)C1CC2CCC1C2. The van der Waals surface area contributed by atoms with Crippen molar-refractivity contribution in [2.75, 3.05) is 7.05 Å². The lowest BCUT2D eigenvalue weighted by Crippen LogP contribution is -2.38. The number of hydrogen-bond acceptors (Lipinski definition) is 2. The number of halogens is 1. The monoisotopic (exact) mass is 325 g/mol. The van der Waals surface area contributed by atoms with Crippen molar-refractivity contribution in [2.24, 2.45) is 24.8 Å². The fraction of sp³-hybridized carbons (Fsp3) is 0.800. The van der Waals surface area contributed by atoms with Crippen molar-refractivity contribution in [3.63, 3.8) is 0 Å². The zero-order valence-corrected chi connectivity index (χ0v) is 13.7. The van der Waals surface area contributed by atoms with Crippen molar-refractivity contribution < 1.29 is 0 Å². The molecule has 4 heteroatoms. The predicted octanol–water partition coefficient (Wildman–Crippen LogP) is 3.06. The summed E-state index contributed by atoms with van der Waals surface area (Å²) in [7, 11) is 4.18. The number of nitrogens with one attached hydrogen (secondary N) is 1. The average molecular weight is 326 g/mol. The maximum atomic E-state index is 4.51. The fourth-order valence-electron chi connectivity index (χ4n) is 4.36. The largest absolute Gasteiger partial charge is 0.316 e. The highest BCUT2D eigenvalue weighted by Crippen LogP contribution is 2.50. The van der Waals surface area contributed by atoms with Gasteiger partial charge in [0.25, 0.3) is 0 Å². The summed E-state index contributed by atoms with van der Waals surface area (Å²) in [6.07, 6.45) is 6.94. The first-order valence-corrected chi connectivity index (χ1v) is 8.24. The van der Waals surface area contributed by atoms with Gasteiger partial charge < -0.3 is 5.32 Å². The molecule has 2 saturated carbocycles. The van der Waals surface area contributed by atoms with E-state index in [0.29, 0.717) is 6.04 Å². The molecule has 0 amide bonds. The molecule has 4 unspecified atom stereocenters. The number of aromatic nitrogens is 2. The molecule has 3 rings (SSSR count). The van der Waals surface area contributed by atoms with Gasteiger partial charge in [-0.25, -0.2) is 0 Å². The van der Waals surface area contributed by atoms with Gasteiger partial charge in [0.05, 0.1) is 15.9 Å². The maximum Gasteiger partial charge on any atom is 0.0738 e. The lowest BCUT2D eigenvalue weighted by molar-refractivity contribution is 0.253. The Hall–Kier alpha value is -0.350. The summed E-state index contributed by atoms with van der Waals surface area (Å²) < 4.78 is 3.23. The molecule has 2 aliphatic rings. The first-order chi connectivity index (χ1) is 9.10. The first kappa shape index (κ1) is 13.6. The molecule has 2 fully saturated rings. The van der Waals surface area contributed by atoms with Crippen molar-refractivity contribution in [1.82, 2.24) is 15.1 Å². The normalized spacial score (nSPS) is 31.1. The van der Waals surface area contributed by atoms with E-state index < -0.39 is 0 Å². The van der Waals surface area contributed by atoms with Gasteiger partial charge in [0, 0.05) is 19.5 Å². The highest BCUT2D eigenvalue weighted by Gasteiger charge is 2.42. The summed E-state index contributed by atoms with van der Waals surface area (Å²) >= 11 is 3.70. The summed E-state index contributed by atoms with van der Waals surface area (Å²) in [6, 6.07) is 0.599. The van der Waals surface area contributed by atoms with Crippen molar-refractivity contribution in [1.29, 1.82) is 0 Å². The molecule has 1 aromatic rings. The topological polar surface area (TPSA) is 29.9 Å². The van der Waals surface area contributed by atoms with Crippen LogP contribution in [0.4, 0.5) is 0 Å². The summed E-state index contributed by atoms with van der Waals surface area (Å²) in [5, 5.41) is 8.09. The smallest absolute Gasteiger partial charge is 0.0738 e. The third-order valence-electron chi connectivity index (χ3n) is 5.36. The van der Waals surface area contributed by atoms with Crippen LogP contribution in [0.5, 0.6) is 0 Å². The molecular weight excluding hydrogens is 302 g/mol. The van der Waals surface area contributed by atoms with Crippen LogP contribution < -0.4 is 5.32 Å². The molecule has 0 aliphatic heterocycles. The Morgan fingerprint density at radius 3 is 2.68 bits per heavy atom. The van der Waals surface area contributed by atoms with Crippen LogP contribution >= 0.6 is 15.9 Å². The van der Waals surface area contributed by atoms with E-state index in [0.717, 1.165) is 29.9 Å². The Labute approximate surface area is 124 Å². The number of hydrogen-bond donors (Lipinski definition) is 1. The van der Waals surface area contributed by atoms with Gasteiger partial charge in [-0.1, -0.05) is 6.42 Å². The predicted molar refractivity (Wildman–Crippen MR) is 81.1 cm³/mol. The minimum absolute atomic E-state index is 0.599. The van der Waals surface area contributed by atoms with Crippen LogP contribution in [0.15, 0.2) is 4.47 Å². The van der Waals surface area contributed by atoms with Gasteiger partial charge >= 0.3 is 0 Å². The van der Waals surface area contributed by atoms with Crippen molar-refractivity contribution in [2.45, 2.75) is 45.1 Å². The molecule has 2 bridgehead atoms. The highest BCUT2D eigenvalue weighted by atomic mass is 79.9. The number of rotatable bonds is 4. The zero-order valence-electron chi connectivity index (χ0n) is 12.1. The van der Waals surface area contributed by atoms with Crippen LogP contribution in [0.25, 0.3) is 0 Å². The third-order valence-corrected chi connectivity index (χ3v) is 6.39. The Morgan fingerprint density at radius 2 is 2.21 bits per heavy atom. The molecule has 0 saturated heterocycles. The first-order valence-electron chi connectivity index (χ1n) is 7.45. The minimum atomic E-state index is 0.599. The second-order valence-corrected chi connectivity index (χ2v) is 7.20. The summed E-state index contributed by atoms with van der Waals surface area (Å²) in [5.74, 6) is 2.85. The Bertz CT molecular complexity index is 468. The van der Waals surface area contributed by atoms with Crippen LogP contribution in [0.1, 0.15) is 37.1 Å². The van der Waals surface area contributed by atoms with E-state index in [1.54, 1.807) is 0 Å². The standard InChI is InChI=1S/C15H24BrN3/c1-9-15(16)14(19(3)18-9)8-13(17-2)12-7-10-4-5-11(12)6-10/h10-13,17H,4-8H2,1-3H3. The van der Waals surface area contributed by atoms with Gasteiger partial charge in [-0.2, -0.15) is 5.10 Å². The summed E-state index contributed by atoms with van der Waals surface area (Å²) in [6.45, 7) is 2.07. The molecule has 0 radical (unpaired) electrons. The van der Waals surface area contributed by atoms with Gasteiger partial charge in [-0.15, -0.1) is 0 Å². The second kappa shape index (κ2) is 5.21. The lowest BCUT2D eigenvalue weighted by Gasteiger charge is -2.30. The molecular formula is C15H24BrN3. The Balaban J connectivity index is 1.76. The van der Waals surface area contributed by atoms with Crippen molar-refractivity contribution in [3.05, 3.63) is 15.9 Å². The van der Waals surface area contributed by atoms with E-state index in [1.165, 1.54) is 35.8 Å². The molecule has 4 atom stereocenters. The highest BCUT2D eigenvalue weighted by molar-refractivity contribution is 9.10. The van der Waals surface area contributed by atoms with E-state index in [1.807, 2.05) is 4.68 Å². The molecule has 2 aliphatic carbocycles. The molecule has 106 valence electrons. The van der Waals surface area contributed by atoms with Crippen LogP contribution in [-0.2, 0) is 13.5 Å². The molecule has 1 N–H and O–H groups in total. The average Bonchev–Trinajstić information content (AvgIpc) is 3.06. The van der Waals surface area contributed by atoms with E-state index in [-0.39, 0.29) is 0 Å². The van der Waals surface area contributed by atoms with Crippen LogP contribution in [0, 0.1) is 24.7 Å². The van der Waals surface area contributed by atoms with Crippen molar-refractivity contribution in [3.8, 4) is 0 Å².